The quantitative estimate of drug-likeness (QED) is 0.807. The van der Waals surface area contributed by atoms with E-state index >= 15 is 0 Å². The molecule has 0 aliphatic carbocycles. The van der Waals surface area contributed by atoms with Crippen LogP contribution in [0.3, 0.4) is 0 Å². The molecule has 0 unspecified atom stereocenters. The Hall–Kier alpha value is -1.06. The summed E-state index contributed by atoms with van der Waals surface area (Å²) in [7, 11) is 1.70. The fourth-order valence-corrected chi connectivity index (χ4v) is 1.94. The molecule has 0 bridgehead atoms. The van der Waals surface area contributed by atoms with Crippen molar-refractivity contribution in [3.8, 4) is 5.75 Å². The van der Waals surface area contributed by atoms with E-state index in [9.17, 15) is 0 Å². The van der Waals surface area contributed by atoms with E-state index in [0.29, 0.717) is 6.54 Å². The van der Waals surface area contributed by atoms with Crippen molar-refractivity contribution >= 4 is 0 Å². The van der Waals surface area contributed by atoms with Crippen LogP contribution in [-0.2, 0) is 11.2 Å². The zero-order chi connectivity index (χ0) is 10.7. The van der Waals surface area contributed by atoms with Gasteiger partial charge in [-0.25, -0.2) is 0 Å². The zero-order valence-electron chi connectivity index (χ0n) is 9.03. The smallest absolute Gasteiger partial charge is 0.122 e. The Labute approximate surface area is 90.2 Å². The lowest BCUT2D eigenvalue weighted by Crippen LogP contribution is -2.49. The van der Waals surface area contributed by atoms with Gasteiger partial charge in [0, 0.05) is 12.0 Å². The van der Waals surface area contributed by atoms with Gasteiger partial charge >= 0.3 is 0 Å². The first-order valence-corrected chi connectivity index (χ1v) is 5.19. The molecule has 0 amide bonds. The summed E-state index contributed by atoms with van der Waals surface area (Å²) in [5.41, 5.74) is 7.14. The highest BCUT2D eigenvalue weighted by Gasteiger charge is 2.37. The highest BCUT2D eigenvalue weighted by atomic mass is 16.5. The number of hydrogen-bond donors (Lipinski definition) is 1. The van der Waals surface area contributed by atoms with Gasteiger partial charge in [0.2, 0.25) is 0 Å². The highest BCUT2D eigenvalue weighted by Crippen LogP contribution is 2.33. The summed E-state index contributed by atoms with van der Waals surface area (Å²) in [6.07, 6.45) is 0.938. The van der Waals surface area contributed by atoms with Crippen LogP contribution in [0.5, 0.6) is 5.75 Å². The predicted molar refractivity (Wildman–Crippen MR) is 59.0 cm³/mol. The second-order valence-electron chi connectivity index (χ2n) is 4.19. The number of para-hydroxylation sites is 1. The van der Waals surface area contributed by atoms with Gasteiger partial charge in [0.15, 0.2) is 0 Å². The van der Waals surface area contributed by atoms with Crippen molar-refractivity contribution in [3.63, 3.8) is 0 Å². The molecule has 82 valence electrons. The third-order valence-electron chi connectivity index (χ3n) is 3.01. The average Bonchev–Trinajstić information content (AvgIpc) is 2.24. The predicted octanol–water partition coefficient (Wildman–Crippen LogP) is 1.21. The van der Waals surface area contributed by atoms with Crippen molar-refractivity contribution in [1.29, 1.82) is 0 Å². The second-order valence-corrected chi connectivity index (χ2v) is 4.19. The summed E-state index contributed by atoms with van der Waals surface area (Å²) in [6.45, 7) is 2.20. The summed E-state index contributed by atoms with van der Waals surface area (Å²) in [4.78, 5) is 0. The van der Waals surface area contributed by atoms with E-state index in [4.69, 9.17) is 15.2 Å². The average molecular weight is 207 g/mol. The lowest BCUT2D eigenvalue weighted by atomic mass is 9.80. The summed E-state index contributed by atoms with van der Waals surface area (Å²) in [6, 6.07) is 8.09. The van der Waals surface area contributed by atoms with Crippen LogP contribution in [0.4, 0.5) is 0 Å². The van der Waals surface area contributed by atoms with Gasteiger partial charge in [0.1, 0.15) is 5.75 Å². The molecule has 1 heterocycles. The molecule has 1 aliphatic rings. The first-order valence-electron chi connectivity index (χ1n) is 5.19. The van der Waals surface area contributed by atoms with E-state index in [2.05, 4.69) is 6.07 Å². The molecule has 0 radical (unpaired) electrons. The van der Waals surface area contributed by atoms with Gasteiger partial charge < -0.3 is 15.2 Å². The number of benzene rings is 1. The molecule has 2 N–H and O–H groups in total. The van der Waals surface area contributed by atoms with Gasteiger partial charge in [-0.05, 0) is 18.1 Å². The van der Waals surface area contributed by atoms with Crippen LogP contribution in [0, 0.1) is 5.41 Å². The summed E-state index contributed by atoms with van der Waals surface area (Å²) in [5.74, 6) is 0.942. The number of rotatable bonds is 4. The van der Waals surface area contributed by atoms with E-state index in [0.717, 1.165) is 25.4 Å². The fraction of sp³-hybridized carbons (Fsp3) is 0.500. The first-order chi connectivity index (χ1) is 7.29. The van der Waals surface area contributed by atoms with Crippen molar-refractivity contribution < 1.29 is 9.47 Å². The Morgan fingerprint density at radius 3 is 2.67 bits per heavy atom. The second kappa shape index (κ2) is 4.21. The number of nitrogens with two attached hydrogens (primary N) is 1. The molecule has 15 heavy (non-hydrogen) atoms. The molecule has 0 saturated carbocycles. The van der Waals surface area contributed by atoms with Gasteiger partial charge in [-0.1, -0.05) is 18.2 Å². The van der Waals surface area contributed by atoms with Crippen LogP contribution in [0.15, 0.2) is 24.3 Å². The Kier molecular flexibility index (Phi) is 2.93. The van der Waals surface area contributed by atoms with Gasteiger partial charge in [-0.15, -0.1) is 0 Å². The van der Waals surface area contributed by atoms with Crippen LogP contribution >= 0.6 is 0 Å². The lowest BCUT2D eigenvalue weighted by molar-refractivity contribution is -0.106. The van der Waals surface area contributed by atoms with Crippen LogP contribution in [0.1, 0.15) is 5.56 Å². The minimum absolute atomic E-state index is 0.134. The summed E-state index contributed by atoms with van der Waals surface area (Å²) in [5, 5.41) is 0. The van der Waals surface area contributed by atoms with E-state index in [1.165, 1.54) is 5.56 Å². The Morgan fingerprint density at radius 1 is 1.40 bits per heavy atom. The molecule has 3 nitrogen and oxygen atoms in total. The van der Waals surface area contributed by atoms with Gasteiger partial charge in [-0.2, -0.15) is 0 Å². The Morgan fingerprint density at radius 2 is 2.13 bits per heavy atom. The first kappa shape index (κ1) is 10.5. The molecule has 0 atom stereocenters. The summed E-state index contributed by atoms with van der Waals surface area (Å²) >= 11 is 0. The van der Waals surface area contributed by atoms with Crippen molar-refractivity contribution in [2.75, 3.05) is 26.9 Å². The fourth-order valence-electron chi connectivity index (χ4n) is 1.94. The number of ether oxygens (including phenoxy) is 2. The summed E-state index contributed by atoms with van der Waals surface area (Å²) < 4.78 is 10.6. The van der Waals surface area contributed by atoms with Gasteiger partial charge in [0.25, 0.3) is 0 Å². The number of hydrogen-bond acceptors (Lipinski definition) is 3. The Bertz CT molecular complexity index is 329. The maximum Gasteiger partial charge on any atom is 0.122 e. The van der Waals surface area contributed by atoms with Crippen molar-refractivity contribution in [1.82, 2.24) is 0 Å². The van der Waals surface area contributed by atoms with Gasteiger partial charge in [0.05, 0.1) is 20.3 Å². The van der Waals surface area contributed by atoms with Crippen LogP contribution in [-0.4, -0.2) is 26.9 Å². The molecular formula is C12H17NO2. The number of methoxy groups -OCH3 is 1. The maximum absolute atomic E-state index is 5.79. The topological polar surface area (TPSA) is 44.5 Å². The minimum atomic E-state index is 0.134. The van der Waals surface area contributed by atoms with Crippen molar-refractivity contribution in [3.05, 3.63) is 29.8 Å². The molecule has 1 fully saturated rings. The molecule has 1 saturated heterocycles. The third-order valence-corrected chi connectivity index (χ3v) is 3.01. The lowest BCUT2D eigenvalue weighted by Gasteiger charge is -2.40. The normalized spacial score (nSPS) is 18.3. The highest BCUT2D eigenvalue weighted by molar-refractivity contribution is 5.34. The molecule has 1 aromatic carbocycles. The van der Waals surface area contributed by atoms with E-state index in [1.54, 1.807) is 7.11 Å². The molecule has 1 aliphatic heterocycles. The van der Waals surface area contributed by atoms with E-state index < -0.39 is 0 Å². The van der Waals surface area contributed by atoms with Gasteiger partial charge in [-0.3, -0.25) is 0 Å². The molecule has 0 spiro atoms. The minimum Gasteiger partial charge on any atom is -0.496 e. The third kappa shape index (κ3) is 1.98. The molecule has 0 aromatic heterocycles. The SMILES string of the molecule is COc1ccccc1CC1(CN)COC1. The molecule has 2 rings (SSSR count). The van der Waals surface area contributed by atoms with Crippen LogP contribution in [0.2, 0.25) is 0 Å². The van der Waals surface area contributed by atoms with Crippen molar-refractivity contribution in [2.45, 2.75) is 6.42 Å². The maximum atomic E-state index is 5.79. The largest absolute Gasteiger partial charge is 0.496 e. The standard InChI is InChI=1S/C12H17NO2/c1-14-11-5-3-2-4-10(11)6-12(7-13)8-15-9-12/h2-5H,6-9,13H2,1H3. The molecule has 3 heteroatoms. The zero-order valence-corrected chi connectivity index (χ0v) is 9.03. The molecule has 1 aromatic rings. The van der Waals surface area contributed by atoms with E-state index in [-0.39, 0.29) is 5.41 Å². The van der Waals surface area contributed by atoms with Crippen molar-refractivity contribution in [2.24, 2.45) is 11.1 Å². The van der Waals surface area contributed by atoms with Crippen LogP contribution < -0.4 is 10.5 Å². The monoisotopic (exact) mass is 207 g/mol. The van der Waals surface area contributed by atoms with Crippen LogP contribution in [0.25, 0.3) is 0 Å². The van der Waals surface area contributed by atoms with E-state index in [1.807, 2.05) is 18.2 Å². The molecular weight excluding hydrogens is 190 g/mol. The Balaban J connectivity index is 2.15.